The molecule has 0 radical (unpaired) electrons. The molecule has 1 aliphatic rings. The van der Waals surface area contributed by atoms with Crippen molar-refractivity contribution in [3.63, 3.8) is 0 Å². The van der Waals surface area contributed by atoms with Crippen molar-refractivity contribution in [3.8, 4) is 11.8 Å². The van der Waals surface area contributed by atoms with Crippen molar-refractivity contribution in [3.05, 3.63) is 125 Å². The molecule has 5 rings (SSSR count). The van der Waals surface area contributed by atoms with Gasteiger partial charge in [0.2, 0.25) is 17.6 Å². The Balaban J connectivity index is 1.30. The number of ketones is 2. The predicted octanol–water partition coefficient (Wildman–Crippen LogP) is 4.40. The van der Waals surface area contributed by atoms with E-state index in [1.165, 1.54) is 44.4 Å². The summed E-state index contributed by atoms with van der Waals surface area (Å²) in [7, 11) is 0. The maximum Gasteiger partial charge on any atom is 0.250 e. The van der Waals surface area contributed by atoms with E-state index in [9.17, 15) is 23.6 Å². The van der Waals surface area contributed by atoms with Gasteiger partial charge in [0.1, 0.15) is 23.6 Å². The Morgan fingerprint density at radius 3 is 2.31 bits per heavy atom. The topological polar surface area (TPSA) is 137 Å². The smallest absolute Gasteiger partial charge is 0.250 e. The van der Waals surface area contributed by atoms with Crippen molar-refractivity contribution in [2.75, 3.05) is 19.7 Å². The molecule has 1 fully saturated rings. The summed E-state index contributed by atoms with van der Waals surface area (Å²) in [5, 5.41) is 2.65. The van der Waals surface area contributed by atoms with Gasteiger partial charge in [0.25, 0.3) is 0 Å². The van der Waals surface area contributed by atoms with Crippen LogP contribution in [0.5, 0.6) is 0 Å². The first-order chi connectivity index (χ1) is 24.4. The number of piperidine rings is 1. The average molecular weight is 692 g/mol. The fourth-order valence-corrected chi connectivity index (χ4v) is 5.73. The number of hydrogen-bond donors (Lipinski definition) is 2. The molecule has 2 heterocycles. The van der Waals surface area contributed by atoms with E-state index in [1.807, 2.05) is 61.5 Å². The maximum atomic E-state index is 14.1. The van der Waals surface area contributed by atoms with Crippen LogP contribution < -0.4 is 11.1 Å². The third kappa shape index (κ3) is 9.84. The van der Waals surface area contributed by atoms with Crippen LogP contribution in [0.25, 0.3) is 0 Å². The maximum absolute atomic E-state index is 14.1. The van der Waals surface area contributed by atoms with Crippen LogP contribution in [-0.2, 0) is 25.7 Å². The highest BCUT2D eigenvalue weighted by Crippen LogP contribution is 2.27. The van der Waals surface area contributed by atoms with E-state index in [4.69, 9.17) is 10.5 Å². The molecule has 1 saturated heterocycles. The number of Topliss-reactive ketones (excluding diaryl/α,β-unsaturated/α-hetero) is 2. The molecule has 1 aliphatic heterocycles. The van der Waals surface area contributed by atoms with E-state index in [-0.39, 0.29) is 36.5 Å². The molecule has 1 aromatic heterocycles. The summed E-state index contributed by atoms with van der Waals surface area (Å²) in [4.78, 5) is 59.2. The van der Waals surface area contributed by atoms with Gasteiger partial charge in [-0.3, -0.25) is 19.2 Å². The lowest BCUT2D eigenvalue weighted by Crippen LogP contribution is -2.55. The Labute approximate surface area is 297 Å². The Morgan fingerprint density at radius 2 is 1.67 bits per heavy atom. The van der Waals surface area contributed by atoms with E-state index in [2.05, 4.69) is 22.1 Å². The first-order valence-electron chi connectivity index (χ1n) is 16.8. The fraction of sp³-hybridized carbons (Fsp3) is 0.325. The zero-order valence-electron chi connectivity index (χ0n) is 29.0. The highest BCUT2D eigenvalue weighted by molar-refractivity contribution is 6.02. The second kappa shape index (κ2) is 16.5. The van der Waals surface area contributed by atoms with Gasteiger partial charge in [-0.1, -0.05) is 60.2 Å². The SMILES string of the molecule is Cc1ccc(C(C(=O)N2CCC(C(=O)c3ccc(F)cc3)CC2)n2cnc(C#CC(=O)[C@@H](COCc3ccccc3)NC(=O)C(C)(C)N)c2)cc1. The van der Waals surface area contributed by atoms with Crippen molar-refractivity contribution < 1.29 is 28.3 Å². The van der Waals surface area contributed by atoms with Crippen molar-refractivity contribution in [2.45, 2.75) is 57.8 Å². The summed E-state index contributed by atoms with van der Waals surface area (Å²) in [5.41, 5.74) is 8.13. The fourth-order valence-electron chi connectivity index (χ4n) is 5.73. The average Bonchev–Trinajstić information content (AvgIpc) is 3.59. The van der Waals surface area contributed by atoms with Gasteiger partial charge in [0, 0.05) is 30.8 Å². The molecule has 51 heavy (non-hydrogen) atoms. The number of carbonyl (C=O) groups excluding carboxylic acids is 4. The molecule has 2 amide bonds. The second-order valence-corrected chi connectivity index (χ2v) is 13.4. The number of aryl methyl sites for hydroxylation is 1. The largest absolute Gasteiger partial charge is 0.374 e. The molecule has 1 unspecified atom stereocenters. The van der Waals surface area contributed by atoms with Gasteiger partial charge in [-0.25, -0.2) is 9.37 Å². The Morgan fingerprint density at radius 1 is 1.00 bits per heavy atom. The Bertz CT molecular complexity index is 1900. The number of halogens is 1. The molecular formula is C40H42FN5O5. The first-order valence-corrected chi connectivity index (χ1v) is 16.8. The van der Waals surface area contributed by atoms with Crippen LogP contribution in [0.4, 0.5) is 4.39 Å². The first kappa shape index (κ1) is 36.8. The molecule has 3 aromatic carbocycles. The van der Waals surface area contributed by atoms with Crippen molar-refractivity contribution in [2.24, 2.45) is 11.7 Å². The summed E-state index contributed by atoms with van der Waals surface area (Å²) in [5.74, 6) is 3.36. The van der Waals surface area contributed by atoms with Gasteiger partial charge in [-0.2, -0.15) is 0 Å². The van der Waals surface area contributed by atoms with Crippen molar-refractivity contribution in [1.82, 2.24) is 19.8 Å². The summed E-state index contributed by atoms with van der Waals surface area (Å²) < 4.78 is 20.8. The minimum Gasteiger partial charge on any atom is -0.374 e. The number of likely N-dealkylation sites (tertiary alicyclic amines) is 1. The Hall–Kier alpha value is -5.44. The second-order valence-electron chi connectivity index (χ2n) is 13.4. The van der Waals surface area contributed by atoms with E-state index in [0.29, 0.717) is 31.5 Å². The van der Waals surface area contributed by atoms with Gasteiger partial charge in [0.05, 0.1) is 25.1 Å². The van der Waals surface area contributed by atoms with Crippen LogP contribution in [0, 0.1) is 30.5 Å². The molecule has 0 spiro atoms. The summed E-state index contributed by atoms with van der Waals surface area (Å²) in [6.07, 6.45) is 4.08. The van der Waals surface area contributed by atoms with Crippen LogP contribution in [0.2, 0.25) is 0 Å². The minimum atomic E-state index is -1.23. The number of carbonyl (C=O) groups is 4. The highest BCUT2D eigenvalue weighted by Gasteiger charge is 2.33. The molecule has 2 atom stereocenters. The van der Waals surface area contributed by atoms with Gasteiger partial charge in [0.15, 0.2) is 5.78 Å². The number of hydrogen-bond acceptors (Lipinski definition) is 7. The van der Waals surface area contributed by atoms with Gasteiger partial charge in [-0.05, 0) is 80.8 Å². The van der Waals surface area contributed by atoms with Crippen LogP contribution in [-0.4, -0.2) is 69.1 Å². The predicted molar refractivity (Wildman–Crippen MR) is 190 cm³/mol. The molecule has 0 saturated carbocycles. The van der Waals surface area contributed by atoms with E-state index < -0.39 is 35.1 Å². The summed E-state index contributed by atoms with van der Waals surface area (Å²) in [6, 6.07) is 20.8. The van der Waals surface area contributed by atoms with Crippen LogP contribution in [0.3, 0.4) is 0 Å². The van der Waals surface area contributed by atoms with Crippen molar-refractivity contribution >= 4 is 23.4 Å². The number of rotatable bonds is 12. The third-order valence-corrected chi connectivity index (χ3v) is 8.75. The number of amides is 2. The Kier molecular flexibility index (Phi) is 11.9. The van der Waals surface area contributed by atoms with Gasteiger partial charge in [-0.15, -0.1) is 0 Å². The molecule has 11 heteroatoms. The van der Waals surface area contributed by atoms with E-state index >= 15 is 0 Å². The number of benzene rings is 3. The molecular weight excluding hydrogens is 649 g/mol. The molecule has 0 bridgehead atoms. The zero-order valence-corrected chi connectivity index (χ0v) is 29.0. The van der Waals surface area contributed by atoms with Crippen molar-refractivity contribution in [1.29, 1.82) is 0 Å². The number of nitrogens with one attached hydrogen (secondary N) is 1. The lowest BCUT2D eigenvalue weighted by molar-refractivity contribution is -0.134. The van der Waals surface area contributed by atoms with Gasteiger partial charge >= 0.3 is 0 Å². The quantitative estimate of drug-likeness (QED) is 0.166. The summed E-state index contributed by atoms with van der Waals surface area (Å²) in [6.45, 7) is 5.92. The van der Waals surface area contributed by atoms with E-state index in [1.54, 1.807) is 15.7 Å². The third-order valence-electron chi connectivity index (χ3n) is 8.75. The van der Waals surface area contributed by atoms with E-state index in [0.717, 1.165) is 16.7 Å². The molecule has 3 N–H and O–H groups in total. The molecule has 10 nitrogen and oxygen atoms in total. The standard InChI is InChI=1S/C40H42FN5O5/c1-27-9-11-29(12-10-27)36(38(49)45-21-19-31(20-22-45)37(48)30-13-15-32(41)16-14-30)46-23-33(43-26-46)17-18-35(47)34(44-39(50)40(2,3)42)25-51-24-28-7-5-4-6-8-28/h4-16,23,26,31,34,36H,19-22,24-25,42H2,1-3H3,(H,44,50)/t34-,36?/m1/s1. The number of imidazole rings is 1. The van der Waals surface area contributed by atoms with Crippen LogP contribution in [0.1, 0.15) is 65.5 Å². The molecule has 4 aromatic rings. The normalized spacial score (nSPS) is 14.6. The number of ether oxygens (including phenoxy) is 1. The summed E-state index contributed by atoms with van der Waals surface area (Å²) >= 11 is 0. The van der Waals surface area contributed by atoms with Gasteiger partial charge < -0.3 is 25.3 Å². The minimum absolute atomic E-state index is 0.0548. The highest BCUT2D eigenvalue weighted by atomic mass is 19.1. The lowest BCUT2D eigenvalue weighted by atomic mass is 9.88. The lowest BCUT2D eigenvalue weighted by Gasteiger charge is -2.34. The monoisotopic (exact) mass is 691 g/mol. The zero-order chi connectivity index (χ0) is 36.5. The molecule has 264 valence electrons. The molecule has 0 aliphatic carbocycles. The van der Waals surface area contributed by atoms with Crippen LogP contribution in [0.15, 0.2) is 91.4 Å². The van der Waals surface area contributed by atoms with Crippen LogP contribution >= 0.6 is 0 Å². The number of aromatic nitrogens is 2. The number of nitrogens with two attached hydrogens (primary N) is 1. The number of nitrogens with zero attached hydrogens (tertiary/aromatic N) is 3.